The molecule has 85 heavy (non-hydrogen) atoms. The molecule has 2 heterocycles. The van der Waals surface area contributed by atoms with Crippen molar-refractivity contribution in [2.24, 2.45) is 0 Å². The number of amides is 6. The van der Waals surface area contributed by atoms with E-state index >= 15 is 0 Å². The Morgan fingerprint density at radius 1 is 0.824 bits per heavy atom. The lowest BCUT2D eigenvalue weighted by atomic mass is 9.83. The SMILES string of the molecule is C[C@@H]([C@@H](O)[C@H](OCCO)O[C@@H]1[C@@H](O)[C@H](O[C@H]2OC(CNC(=O)OCc3ccc([N+](=O)[O-])cc3)=CC[C@H]2NCC2CCCN2C(=O)OC(C)(C)C)[C@@H](NC(=O)OC(C)(C)C)C[C@H]1NC(=O)[C@@H](O)CCNC(=O)OC(C)(C)C)N(C)C(=O)OC(C)(C)C. The molecule has 3 aliphatic rings. The molecule has 0 radical (unpaired) electrons. The fourth-order valence-corrected chi connectivity index (χ4v) is 9.02. The van der Waals surface area contributed by atoms with Crippen molar-refractivity contribution in [2.45, 2.75) is 224 Å². The smallest absolute Gasteiger partial charge is 0.410 e. The van der Waals surface area contributed by atoms with Crippen molar-refractivity contribution in [3.8, 4) is 0 Å². The number of rotatable bonds is 24. The quantitative estimate of drug-likeness (QED) is 0.0306. The fourth-order valence-electron chi connectivity index (χ4n) is 9.02. The van der Waals surface area contributed by atoms with Crippen molar-refractivity contribution < 1.29 is 96.7 Å². The summed E-state index contributed by atoms with van der Waals surface area (Å²) in [5.74, 6) is -0.857. The van der Waals surface area contributed by atoms with Gasteiger partial charge in [0.2, 0.25) is 12.2 Å². The van der Waals surface area contributed by atoms with E-state index in [2.05, 4.69) is 26.6 Å². The number of hydrogen-bond acceptors (Lipinski definition) is 22. The van der Waals surface area contributed by atoms with Crippen molar-refractivity contribution in [3.05, 3.63) is 51.8 Å². The largest absolute Gasteiger partial charge is 0.466 e. The normalized spacial score (nSPS) is 23.3. The van der Waals surface area contributed by atoms with E-state index in [1.54, 1.807) is 94.1 Å². The summed E-state index contributed by atoms with van der Waals surface area (Å²) in [5, 5.41) is 71.1. The lowest BCUT2D eigenvalue weighted by molar-refractivity contribution is -0.384. The van der Waals surface area contributed by atoms with E-state index in [1.165, 1.54) is 38.2 Å². The summed E-state index contributed by atoms with van der Waals surface area (Å²) in [6, 6.07) is 0.423. The maximum Gasteiger partial charge on any atom is 0.410 e. The van der Waals surface area contributed by atoms with Crippen LogP contribution in [0.2, 0.25) is 0 Å². The number of carbonyl (C=O) groups excluding carboxylic acids is 6. The molecule has 1 saturated heterocycles. The third kappa shape index (κ3) is 24.2. The van der Waals surface area contributed by atoms with Gasteiger partial charge in [-0.2, -0.15) is 0 Å². The van der Waals surface area contributed by atoms with Crippen molar-refractivity contribution in [1.29, 1.82) is 0 Å². The molecule has 9 N–H and O–H groups in total. The van der Waals surface area contributed by atoms with Gasteiger partial charge in [0.05, 0.1) is 48.8 Å². The topological polar surface area (TPSA) is 376 Å². The second-order valence-electron chi connectivity index (χ2n) is 25.0. The van der Waals surface area contributed by atoms with Crippen molar-refractivity contribution >= 4 is 42.1 Å². The molecule has 0 aromatic heterocycles. The van der Waals surface area contributed by atoms with Crippen molar-refractivity contribution in [3.63, 3.8) is 0 Å². The molecule has 2 aliphatic heterocycles. The summed E-state index contributed by atoms with van der Waals surface area (Å²) in [6.45, 7) is 20.4. The minimum Gasteiger partial charge on any atom is -0.466 e. The van der Waals surface area contributed by atoms with Gasteiger partial charge in [-0.25, -0.2) is 24.0 Å². The van der Waals surface area contributed by atoms with Crippen LogP contribution in [0.1, 0.15) is 128 Å². The van der Waals surface area contributed by atoms with Gasteiger partial charge in [-0.3, -0.25) is 14.9 Å². The van der Waals surface area contributed by atoms with Crippen LogP contribution < -0.4 is 26.6 Å². The Balaban J connectivity index is 1.76. The van der Waals surface area contributed by atoms with Gasteiger partial charge in [-0.05, 0) is 146 Å². The number of nitrogens with zero attached hydrogens (tertiary/aromatic N) is 3. The summed E-state index contributed by atoms with van der Waals surface area (Å²) in [7, 11) is 1.36. The van der Waals surface area contributed by atoms with Crippen LogP contribution in [0.3, 0.4) is 0 Å². The summed E-state index contributed by atoms with van der Waals surface area (Å²) in [6.07, 6.45) is -13.6. The maximum absolute atomic E-state index is 14.0. The van der Waals surface area contributed by atoms with Crippen LogP contribution in [0.25, 0.3) is 0 Å². The lowest BCUT2D eigenvalue weighted by Crippen LogP contribution is -2.68. The number of aliphatic hydroxyl groups excluding tert-OH is 4. The number of non-ortho nitro benzene ring substituents is 1. The number of likely N-dealkylation sites (tertiary alicyclic amines) is 1. The van der Waals surface area contributed by atoms with E-state index in [1.807, 2.05) is 0 Å². The number of ether oxygens (including phenoxy) is 9. The van der Waals surface area contributed by atoms with Gasteiger partial charge in [0.15, 0.2) is 6.29 Å². The van der Waals surface area contributed by atoms with Crippen LogP contribution in [0.15, 0.2) is 36.1 Å². The molecule has 12 atom stereocenters. The minimum atomic E-state index is -1.96. The van der Waals surface area contributed by atoms with Crippen molar-refractivity contribution in [2.75, 3.05) is 46.4 Å². The van der Waals surface area contributed by atoms with Gasteiger partial charge < -0.3 is 99.4 Å². The van der Waals surface area contributed by atoms with E-state index in [0.29, 0.717) is 24.9 Å². The monoisotopic (exact) mass is 1210 g/mol. The van der Waals surface area contributed by atoms with Gasteiger partial charge in [0.1, 0.15) is 65.3 Å². The summed E-state index contributed by atoms with van der Waals surface area (Å²) >= 11 is 0. The Labute approximate surface area is 496 Å². The first kappa shape index (κ1) is 71.1. The highest BCUT2D eigenvalue weighted by molar-refractivity contribution is 5.81. The zero-order valence-corrected chi connectivity index (χ0v) is 51.4. The number of carbonyl (C=O) groups is 6. The van der Waals surface area contributed by atoms with Crippen LogP contribution in [0, 0.1) is 10.1 Å². The molecule has 1 aliphatic carbocycles. The van der Waals surface area contributed by atoms with Gasteiger partial charge in [0.25, 0.3) is 5.69 Å². The Morgan fingerprint density at radius 2 is 1.44 bits per heavy atom. The highest BCUT2D eigenvalue weighted by Crippen LogP contribution is 2.33. The molecule has 0 bridgehead atoms. The molecule has 29 nitrogen and oxygen atoms in total. The van der Waals surface area contributed by atoms with Crippen LogP contribution in [0.4, 0.5) is 29.7 Å². The van der Waals surface area contributed by atoms with E-state index < -0.39 is 144 Å². The number of likely N-dealkylation sites (N-methyl/N-ethyl adjacent to an activating group) is 1. The number of nitrogens with one attached hydrogen (secondary N) is 5. The zero-order valence-electron chi connectivity index (χ0n) is 51.4. The van der Waals surface area contributed by atoms with Crippen LogP contribution in [-0.4, -0.2) is 214 Å². The fraction of sp³-hybridized carbons (Fsp3) is 0.750. The Morgan fingerprint density at radius 3 is 2.04 bits per heavy atom. The number of nitro benzene ring substituents is 1. The molecule has 1 aromatic rings. The number of hydrogen-bond donors (Lipinski definition) is 9. The standard InChI is InChI=1S/C56H92N8O21/c1-32(62(14)51(73)84-55(8,9)10)41(67)47(77-27-26-65)81-43-38(60-45(69)40(66)23-24-57-49(71)82-53(2,3)4)28-39(61-50(72)83-54(5,6)7)44(42(43)68)80-46-37(58-29-35-16-15-25-63(35)52(74)85-56(11,12)13)22-21-36(79-46)30-59-48(70)78-31-33-17-19-34(20-18-33)64(75)76/h17-21,32,35,37-44,46-47,58,65-68H,15-16,22-31H2,1-14H3,(H,57,71)(H,59,70)(H,60,69)(H,61,72)/t32-,35?,37+,38+,39-,40-,41+,42+,43-,44+,46+,47+/m0/s1. The molecule has 4 rings (SSSR count). The summed E-state index contributed by atoms with van der Waals surface area (Å²) < 4.78 is 53.1. The molecule has 482 valence electrons. The van der Waals surface area contributed by atoms with Crippen molar-refractivity contribution in [1.82, 2.24) is 36.4 Å². The minimum absolute atomic E-state index is 0.145. The van der Waals surface area contributed by atoms with E-state index in [0.717, 1.165) is 4.90 Å². The Kier molecular flexibility index (Phi) is 26.2. The van der Waals surface area contributed by atoms with E-state index in [4.69, 9.17) is 42.6 Å². The number of aliphatic hydroxyl groups is 4. The first-order valence-electron chi connectivity index (χ1n) is 28.5. The van der Waals surface area contributed by atoms with Gasteiger partial charge in [-0.1, -0.05) is 0 Å². The van der Waals surface area contributed by atoms with E-state index in [-0.39, 0.29) is 63.0 Å². The summed E-state index contributed by atoms with van der Waals surface area (Å²) in [4.78, 5) is 93.2. The summed E-state index contributed by atoms with van der Waals surface area (Å²) in [5.41, 5.74) is -3.27. The number of benzene rings is 1. The van der Waals surface area contributed by atoms with Gasteiger partial charge in [0, 0.05) is 44.9 Å². The van der Waals surface area contributed by atoms with Crippen LogP contribution >= 0.6 is 0 Å². The lowest BCUT2D eigenvalue weighted by Gasteiger charge is -2.48. The first-order chi connectivity index (χ1) is 39.4. The molecule has 29 heteroatoms. The average Bonchev–Trinajstić information content (AvgIpc) is 4.01. The highest BCUT2D eigenvalue weighted by atomic mass is 16.7. The van der Waals surface area contributed by atoms with E-state index in [9.17, 15) is 59.3 Å². The highest BCUT2D eigenvalue weighted by Gasteiger charge is 2.51. The number of alkyl carbamates (subject to hydrolysis) is 3. The Hall–Kier alpha value is -6.34. The molecule has 1 aromatic carbocycles. The van der Waals surface area contributed by atoms with Crippen LogP contribution in [-0.2, 0) is 54.0 Å². The average molecular weight is 1210 g/mol. The second kappa shape index (κ2) is 31.3. The predicted octanol–water partition coefficient (Wildman–Crippen LogP) is 3.95. The third-order valence-electron chi connectivity index (χ3n) is 13.2. The second-order valence-corrected chi connectivity index (χ2v) is 25.0. The molecule has 1 saturated carbocycles. The molecule has 6 amide bonds. The Bertz CT molecular complexity index is 2410. The first-order valence-corrected chi connectivity index (χ1v) is 28.5. The molecule has 2 fully saturated rings. The number of nitro groups is 1. The van der Waals surface area contributed by atoms with Crippen LogP contribution in [0.5, 0.6) is 0 Å². The molecule has 1 unspecified atom stereocenters. The molecular weight excluding hydrogens is 1120 g/mol. The third-order valence-corrected chi connectivity index (χ3v) is 13.2. The molecular formula is C56H92N8O21. The van der Waals surface area contributed by atoms with Gasteiger partial charge in [-0.15, -0.1) is 0 Å². The zero-order chi connectivity index (χ0) is 63.8. The van der Waals surface area contributed by atoms with Gasteiger partial charge >= 0.3 is 30.5 Å². The maximum atomic E-state index is 14.0. The molecule has 0 spiro atoms. The predicted molar refractivity (Wildman–Crippen MR) is 303 cm³/mol.